The van der Waals surface area contributed by atoms with Crippen LogP contribution in [0.25, 0.3) is 10.9 Å². The standard InChI is InChI=1S/C32H37F2N3O2/c1-4-22-6-5-7-23(12-22)18-35-19-31(38)29(15-24-13-27(33)17-28(34)14-24)36-32(39)26-9-8-25-10-11-37(20-21(2)3)30(25)16-26/h5-14,16-17,21,29,31,35,38H,4,15,18-20H2,1-3H3,(H,36,39)/t29-,31-/m0/s1. The molecule has 0 saturated carbocycles. The van der Waals surface area contributed by atoms with E-state index in [-0.39, 0.29) is 18.9 Å². The molecule has 7 heteroatoms. The summed E-state index contributed by atoms with van der Waals surface area (Å²) in [6, 6.07) is 18.2. The third-order valence-corrected chi connectivity index (χ3v) is 6.84. The Morgan fingerprint density at radius 1 is 0.949 bits per heavy atom. The summed E-state index contributed by atoms with van der Waals surface area (Å²) in [6.07, 6.45) is 2.02. The predicted octanol–water partition coefficient (Wildman–Crippen LogP) is 5.63. The number of carbonyl (C=O) groups is 1. The third-order valence-electron chi connectivity index (χ3n) is 6.84. The molecule has 0 unspecified atom stereocenters. The first-order chi connectivity index (χ1) is 18.7. The van der Waals surface area contributed by atoms with E-state index in [9.17, 15) is 18.7 Å². The topological polar surface area (TPSA) is 66.3 Å². The van der Waals surface area contributed by atoms with E-state index >= 15 is 0 Å². The average molecular weight is 534 g/mol. The summed E-state index contributed by atoms with van der Waals surface area (Å²) < 4.78 is 29.9. The van der Waals surface area contributed by atoms with E-state index in [1.807, 2.05) is 36.5 Å². The molecule has 0 spiro atoms. The number of carbonyl (C=O) groups excluding carboxylic acids is 1. The molecule has 39 heavy (non-hydrogen) atoms. The number of aromatic nitrogens is 1. The molecular formula is C32H37F2N3O2. The van der Waals surface area contributed by atoms with Crippen molar-refractivity contribution in [3.63, 3.8) is 0 Å². The molecule has 0 aliphatic carbocycles. The number of hydrogen-bond acceptors (Lipinski definition) is 3. The maximum absolute atomic E-state index is 13.9. The van der Waals surface area contributed by atoms with Gasteiger partial charge >= 0.3 is 0 Å². The lowest BCUT2D eigenvalue weighted by atomic mass is 9.99. The molecule has 3 N–H and O–H groups in total. The molecule has 1 aromatic heterocycles. The summed E-state index contributed by atoms with van der Waals surface area (Å²) in [5.74, 6) is -1.31. The van der Waals surface area contributed by atoms with Crippen LogP contribution in [0, 0.1) is 17.6 Å². The van der Waals surface area contributed by atoms with Crippen molar-refractivity contribution in [1.29, 1.82) is 0 Å². The molecule has 1 amide bonds. The zero-order valence-corrected chi connectivity index (χ0v) is 22.8. The summed E-state index contributed by atoms with van der Waals surface area (Å²) in [7, 11) is 0. The number of aliphatic hydroxyl groups excluding tert-OH is 1. The van der Waals surface area contributed by atoms with E-state index in [0.29, 0.717) is 23.6 Å². The van der Waals surface area contributed by atoms with Crippen LogP contribution in [0.1, 0.15) is 47.8 Å². The van der Waals surface area contributed by atoms with Gasteiger partial charge in [-0.1, -0.05) is 51.1 Å². The quantitative estimate of drug-likeness (QED) is 0.221. The highest BCUT2D eigenvalue weighted by Gasteiger charge is 2.23. The molecule has 0 fully saturated rings. The summed E-state index contributed by atoms with van der Waals surface area (Å²) in [5.41, 5.74) is 4.08. The lowest BCUT2D eigenvalue weighted by Gasteiger charge is -2.25. The summed E-state index contributed by atoms with van der Waals surface area (Å²) in [5, 5.41) is 18.3. The van der Waals surface area contributed by atoms with Crippen LogP contribution in [0.3, 0.4) is 0 Å². The van der Waals surface area contributed by atoms with Crippen LogP contribution in [0.15, 0.2) is 72.9 Å². The minimum atomic E-state index is -0.997. The minimum absolute atomic E-state index is 0.0700. The second-order valence-corrected chi connectivity index (χ2v) is 10.6. The molecule has 0 saturated heterocycles. The summed E-state index contributed by atoms with van der Waals surface area (Å²) in [6.45, 7) is 7.93. The molecule has 0 aliphatic heterocycles. The fraction of sp³-hybridized carbons (Fsp3) is 0.344. The van der Waals surface area contributed by atoms with Crippen molar-refractivity contribution in [2.45, 2.75) is 58.8 Å². The molecule has 4 aromatic rings. The lowest BCUT2D eigenvalue weighted by Crippen LogP contribution is -2.48. The Bertz CT molecular complexity index is 1400. The number of nitrogens with one attached hydrogen (secondary N) is 2. The largest absolute Gasteiger partial charge is 0.390 e. The van der Waals surface area contributed by atoms with Crippen molar-refractivity contribution in [2.75, 3.05) is 6.54 Å². The molecule has 4 rings (SSSR count). The van der Waals surface area contributed by atoms with Crippen molar-refractivity contribution in [1.82, 2.24) is 15.2 Å². The highest BCUT2D eigenvalue weighted by atomic mass is 19.1. The van der Waals surface area contributed by atoms with E-state index in [1.165, 1.54) is 17.7 Å². The van der Waals surface area contributed by atoms with Gasteiger partial charge in [-0.15, -0.1) is 0 Å². The first-order valence-corrected chi connectivity index (χ1v) is 13.5. The van der Waals surface area contributed by atoms with Gasteiger partial charge in [0.1, 0.15) is 11.6 Å². The van der Waals surface area contributed by atoms with Gasteiger partial charge in [-0.2, -0.15) is 0 Å². The van der Waals surface area contributed by atoms with Gasteiger partial charge in [0, 0.05) is 43.0 Å². The number of hydrogen-bond donors (Lipinski definition) is 3. The van der Waals surface area contributed by atoms with Gasteiger partial charge in [0.15, 0.2) is 0 Å². The molecule has 1 heterocycles. The zero-order valence-electron chi connectivity index (χ0n) is 22.8. The first-order valence-electron chi connectivity index (χ1n) is 13.5. The Morgan fingerprint density at radius 3 is 2.41 bits per heavy atom. The van der Waals surface area contributed by atoms with Crippen molar-refractivity contribution in [3.05, 3.63) is 107 Å². The number of benzene rings is 3. The van der Waals surface area contributed by atoms with Crippen molar-refractivity contribution in [2.24, 2.45) is 5.92 Å². The number of amides is 1. The van der Waals surface area contributed by atoms with Gasteiger partial charge in [-0.3, -0.25) is 4.79 Å². The Balaban J connectivity index is 1.51. The third kappa shape index (κ3) is 7.74. The Kier molecular flexibility index (Phi) is 9.49. The maximum atomic E-state index is 13.9. The summed E-state index contributed by atoms with van der Waals surface area (Å²) >= 11 is 0. The smallest absolute Gasteiger partial charge is 0.251 e. The normalized spacial score (nSPS) is 13.1. The molecule has 0 radical (unpaired) electrons. The molecule has 5 nitrogen and oxygen atoms in total. The van der Waals surface area contributed by atoms with E-state index in [0.717, 1.165) is 35.5 Å². The fourth-order valence-corrected chi connectivity index (χ4v) is 4.86. The molecule has 0 aliphatic rings. The van der Waals surface area contributed by atoms with Crippen LogP contribution in [0.2, 0.25) is 0 Å². The van der Waals surface area contributed by atoms with E-state index in [4.69, 9.17) is 0 Å². The van der Waals surface area contributed by atoms with Crippen LogP contribution in [-0.2, 0) is 25.9 Å². The number of aliphatic hydroxyl groups is 1. The highest BCUT2D eigenvalue weighted by molar-refractivity contribution is 5.98. The number of halogens is 2. The van der Waals surface area contributed by atoms with Gasteiger partial charge in [0.25, 0.3) is 5.91 Å². The first kappa shape index (κ1) is 28.5. The molecule has 0 bridgehead atoms. The Labute approximate surface area is 228 Å². The molecular weight excluding hydrogens is 496 g/mol. The average Bonchev–Trinajstić information content (AvgIpc) is 3.29. The predicted molar refractivity (Wildman–Crippen MR) is 152 cm³/mol. The molecule has 2 atom stereocenters. The number of rotatable bonds is 12. The van der Waals surface area contributed by atoms with E-state index in [1.54, 1.807) is 6.07 Å². The number of aryl methyl sites for hydroxylation is 1. The van der Waals surface area contributed by atoms with E-state index < -0.39 is 23.8 Å². The molecule has 206 valence electrons. The van der Waals surface area contributed by atoms with Gasteiger partial charge in [0.05, 0.1) is 12.1 Å². The maximum Gasteiger partial charge on any atom is 0.251 e. The van der Waals surface area contributed by atoms with Crippen molar-refractivity contribution < 1.29 is 18.7 Å². The second-order valence-electron chi connectivity index (χ2n) is 10.6. The minimum Gasteiger partial charge on any atom is -0.390 e. The van der Waals surface area contributed by atoms with E-state index in [2.05, 4.69) is 48.1 Å². The lowest BCUT2D eigenvalue weighted by molar-refractivity contribution is 0.0830. The van der Waals surface area contributed by atoms with Crippen LogP contribution in [-0.4, -0.2) is 34.3 Å². The van der Waals surface area contributed by atoms with Gasteiger partial charge in [-0.05, 0) is 71.2 Å². The van der Waals surface area contributed by atoms with Crippen LogP contribution in [0.4, 0.5) is 8.78 Å². The number of fused-ring (bicyclic) bond motifs is 1. The Morgan fingerprint density at radius 2 is 1.69 bits per heavy atom. The van der Waals surface area contributed by atoms with Crippen LogP contribution >= 0.6 is 0 Å². The SMILES string of the molecule is CCc1cccc(CNC[C@H](O)[C@H](Cc2cc(F)cc(F)c2)NC(=O)c2ccc3ccn(CC(C)C)c3c2)c1. The van der Waals surface area contributed by atoms with Gasteiger partial charge < -0.3 is 20.3 Å². The van der Waals surface area contributed by atoms with Crippen LogP contribution in [0.5, 0.6) is 0 Å². The van der Waals surface area contributed by atoms with Gasteiger partial charge in [-0.25, -0.2) is 8.78 Å². The van der Waals surface area contributed by atoms with Crippen molar-refractivity contribution in [3.8, 4) is 0 Å². The zero-order chi connectivity index (χ0) is 27.9. The highest BCUT2D eigenvalue weighted by Crippen LogP contribution is 2.20. The van der Waals surface area contributed by atoms with Crippen LogP contribution < -0.4 is 10.6 Å². The summed E-state index contributed by atoms with van der Waals surface area (Å²) in [4.78, 5) is 13.3. The second kappa shape index (κ2) is 13.0. The van der Waals surface area contributed by atoms with Crippen molar-refractivity contribution >= 4 is 16.8 Å². The monoisotopic (exact) mass is 533 g/mol. The number of nitrogens with zero attached hydrogens (tertiary/aromatic N) is 1. The fourth-order valence-electron chi connectivity index (χ4n) is 4.86. The van der Waals surface area contributed by atoms with Gasteiger partial charge in [0.2, 0.25) is 0 Å². The molecule has 3 aromatic carbocycles. The Hall–Kier alpha value is -3.55.